The molecule has 0 unspecified atom stereocenters. The predicted octanol–water partition coefficient (Wildman–Crippen LogP) is 1.31. The summed E-state index contributed by atoms with van der Waals surface area (Å²) in [6, 6.07) is 1.77. The molecular weight excluding hydrogens is 194 g/mol. The third-order valence-electron chi connectivity index (χ3n) is 1.90. The molecule has 0 bridgehead atoms. The van der Waals surface area contributed by atoms with Gasteiger partial charge in [0.25, 0.3) is 0 Å². The first-order valence-electron chi connectivity index (χ1n) is 4.70. The molecule has 0 amide bonds. The number of hydrogen-bond acceptors (Lipinski definition) is 4. The fourth-order valence-corrected chi connectivity index (χ4v) is 1.34. The van der Waals surface area contributed by atoms with Crippen molar-refractivity contribution in [2.24, 2.45) is 0 Å². The molecule has 5 heteroatoms. The molecule has 2 heterocycles. The zero-order chi connectivity index (χ0) is 10.9. The maximum atomic E-state index is 9.61. The van der Waals surface area contributed by atoms with Crippen molar-refractivity contribution >= 4 is 0 Å². The highest BCUT2D eigenvalue weighted by Crippen LogP contribution is 2.17. The van der Waals surface area contributed by atoms with Crippen molar-refractivity contribution in [3.05, 3.63) is 24.7 Å². The van der Waals surface area contributed by atoms with Gasteiger partial charge in [0, 0.05) is 12.3 Å². The SMILES string of the molecule is CC(C)(O)Cn1cc(-c2ccno2)cn1. The topological polar surface area (TPSA) is 64.1 Å². The predicted molar refractivity (Wildman–Crippen MR) is 54.0 cm³/mol. The first kappa shape index (κ1) is 9.92. The Hall–Kier alpha value is -1.62. The molecule has 5 nitrogen and oxygen atoms in total. The Morgan fingerprint density at radius 1 is 1.53 bits per heavy atom. The summed E-state index contributed by atoms with van der Waals surface area (Å²) >= 11 is 0. The highest BCUT2D eigenvalue weighted by molar-refractivity contribution is 5.53. The Morgan fingerprint density at radius 2 is 2.33 bits per heavy atom. The molecule has 0 fully saturated rings. The second-order valence-corrected chi connectivity index (χ2v) is 4.12. The quantitative estimate of drug-likeness (QED) is 0.824. The summed E-state index contributed by atoms with van der Waals surface area (Å²) in [5.41, 5.74) is 0.0850. The van der Waals surface area contributed by atoms with Crippen LogP contribution in [0.1, 0.15) is 13.8 Å². The lowest BCUT2D eigenvalue weighted by Crippen LogP contribution is -2.26. The number of nitrogens with zero attached hydrogens (tertiary/aromatic N) is 3. The van der Waals surface area contributed by atoms with Crippen LogP contribution in [-0.4, -0.2) is 25.6 Å². The molecule has 0 atom stereocenters. The van der Waals surface area contributed by atoms with E-state index in [9.17, 15) is 5.11 Å². The summed E-state index contributed by atoms with van der Waals surface area (Å²) in [6.07, 6.45) is 5.09. The van der Waals surface area contributed by atoms with E-state index >= 15 is 0 Å². The van der Waals surface area contributed by atoms with Gasteiger partial charge < -0.3 is 9.63 Å². The molecule has 0 saturated heterocycles. The van der Waals surface area contributed by atoms with E-state index < -0.39 is 5.60 Å². The third kappa shape index (κ3) is 2.44. The maximum absolute atomic E-state index is 9.61. The number of aromatic nitrogens is 3. The largest absolute Gasteiger partial charge is 0.389 e. The van der Waals surface area contributed by atoms with Gasteiger partial charge in [-0.2, -0.15) is 5.10 Å². The number of rotatable bonds is 3. The van der Waals surface area contributed by atoms with Crippen molar-refractivity contribution in [2.75, 3.05) is 0 Å². The molecule has 15 heavy (non-hydrogen) atoms. The Kier molecular flexibility index (Phi) is 2.32. The molecule has 80 valence electrons. The van der Waals surface area contributed by atoms with Gasteiger partial charge in [-0.15, -0.1) is 0 Å². The van der Waals surface area contributed by atoms with Crippen LogP contribution in [0.2, 0.25) is 0 Å². The Morgan fingerprint density at radius 3 is 2.93 bits per heavy atom. The molecule has 0 saturated carbocycles. The van der Waals surface area contributed by atoms with Crippen LogP contribution in [-0.2, 0) is 6.54 Å². The van der Waals surface area contributed by atoms with Crippen molar-refractivity contribution in [3.8, 4) is 11.3 Å². The molecule has 2 aromatic rings. The summed E-state index contributed by atoms with van der Waals surface area (Å²) in [6.45, 7) is 3.92. The molecule has 0 spiro atoms. The second-order valence-electron chi connectivity index (χ2n) is 4.12. The summed E-state index contributed by atoms with van der Waals surface area (Å²) < 4.78 is 6.68. The molecule has 0 aromatic carbocycles. The van der Waals surface area contributed by atoms with Crippen molar-refractivity contribution in [1.82, 2.24) is 14.9 Å². The summed E-state index contributed by atoms with van der Waals surface area (Å²) in [5, 5.41) is 17.4. The van der Waals surface area contributed by atoms with Gasteiger partial charge in [0.05, 0.1) is 30.1 Å². The monoisotopic (exact) mass is 207 g/mol. The third-order valence-corrected chi connectivity index (χ3v) is 1.90. The minimum absolute atomic E-state index is 0.446. The van der Waals surface area contributed by atoms with Crippen molar-refractivity contribution in [2.45, 2.75) is 26.0 Å². The second kappa shape index (κ2) is 3.51. The minimum Gasteiger partial charge on any atom is -0.389 e. The highest BCUT2D eigenvalue weighted by Gasteiger charge is 2.14. The van der Waals surface area contributed by atoms with E-state index in [1.54, 1.807) is 37.0 Å². The van der Waals surface area contributed by atoms with Crippen molar-refractivity contribution in [1.29, 1.82) is 0 Å². The van der Waals surface area contributed by atoms with Gasteiger partial charge in [0.2, 0.25) is 0 Å². The van der Waals surface area contributed by atoms with E-state index in [1.807, 2.05) is 6.20 Å². The molecule has 1 N–H and O–H groups in total. The van der Waals surface area contributed by atoms with Crippen LogP contribution >= 0.6 is 0 Å². The molecular formula is C10H13N3O2. The smallest absolute Gasteiger partial charge is 0.169 e. The van der Waals surface area contributed by atoms with Crippen LogP contribution in [0.5, 0.6) is 0 Å². The molecule has 0 aliphatic carbocycles. The average molecular weight is 207 g/mol. The molecule has 0 aliphatic heterocycles. The molecule has 0 radical (unpaired) electrons. The van der Waals surface area contributed by atoms with Crippen LogP contribution in [0, 0.1) is 0 Å². The van der Waals surface area contributed by atoms with E-state index in [2.05, 4.69) is 10.3 Å². The molecule has 2 aromatic heterocycles. The molecule has 2 rings (SSSR count). The normalized spacial score (nSPS) is 11.9. The van der Waals surface area contributed by atoms with Crippen LogP contribution < -0.4 is 0 Å². The van der Waals surface area contributed by atoms with Gasteiger partial charge in [-0.3, -0.25) is 4.68 Å². The summed E-state index contributed by atoms with van der Waals surface area (Å²) in [4.78, 5) is 0. The van der Waals surface area contributed by atoms with E-state index in [-0.39, 0.29) is 0 Å². The van der Waals surface area contributed by atoms with Crippen LogP contribution in [0.15, 0.2) is 29.2 Å². The zero-order valence-corrected chi connectivity index (χ0v) is 8.71. The van der Waals surface area contributed by atoms with Gasteiger partial charge in [-0.25, -0.2) is 0 Å². The lowest BCUT2D eigenvalue weighted by molar-refractivity contribution is 0.0577. The van der Waals surface area contributed by atoms with Crippen molar-refractivity contribution < 1.29 is 9.63 Å². The number of aliphatic hydroxyl groups is 1. The van der Waals surface area contributed by atoms with E-state index in [1.165, 1.54) is 0 Å². The highest BCUT2D eigenvalue weighted by atomic mass is 16.5. The van der Waals surface area contributed by atoms with E-state index in [4.69, 9.17) is 4.52 Å². The standard InChI is InChI=1S/C10H13N3O2/c1-10(2,14)7-13-6-8(5-11-13)9-3-4-12-15-9/h3-6,14H,7H2,1-2H3. The van der Waals surface area contributed by atoms with Gasteiger partial charge in [0.15, 0.2) is 5.76 Å². The average Bonchev–Trinajstić information content (AvgIpc) is 2.68. The Bertz CT molecular complexity index is 426. The zero-order valence-electron chi connectivity index (χ0n) is 8.71. The fraction of sp³-hybridized carbons (Fsp3) is 0.400. The van der Waals surface area contributed by atoms with Crippen LogP contribution in [0.4, 0.5) is 0 Å². The maximum Gasteiger partial charge on any atom is 0.169 e. The van der Waals surface area contributed by atoms with Crippen LogP contribution in [0.3, 0.4) is 0 Å². The summed E-state index contributed by atoms with van der Waals surface area (Å²) in [5.74, 6) is 0.678. The first-order chi connectivity index (χ1) is 7.04. The van der Waals surface area contributed by atoms with Crippen molar-refractivity contribution in [3.63, 3.8) is 0 Å². The lowest BCUT2D eigenvalue weighted by Gasteiger charge is -2.16. The Labute approximate surface area is 87.3 Å². The van der Waals surface area contributed by atoms with Gasteiger partial charge >= 0.3 is 0 Å². The fourth-order valence-electron chi connectivity index (χ4n) is 1.34. The van der Waals surface area contributed by atoms with Gasteiger partial charge in [-0.05, 0) is 13.8 Å². The molecule has 0 aliphatic rings. The Balaban J connectivity index is 2.18. The minimum atomic E-state index is -0.773. The lowest BCUT2D eigenvalue weighted by atomic mass is 10.1. The van der Waals surface area contributed by atoms with Crippen LogP contribution in [0.25, 0.3) is 11.3 Å². The van der Waals surface area contributed by atoms with E-state index in [0.717, 1.165) is 5.56 Å². The van der Waals surface area contributed by atoms with Gasteiger partial charge in [-0.1, -0.05) is 5.16 Å². The number of hydrogen-bond donors (Lipinski definition) is 1. The van der Waals surface area contributed by atoms with Gasteiger partial charge in [0.1, 0.15) is 0 Å². The van der Waals surface area contributed by atoms with E-state index in [0.29, 0.717) is 12.3 Å². The first-order valence-corrected chi connectivity index (χ1v) is 4.70. The summed E-state index contributed by atoms with van der Waals surface area (Å²) in [7, 11) is 0.